The van der Waals surface area contributed by atoms with Crippen molar-refractivity contribution in [2.24, 2.45) is 5.92 Å². The van der Waals surface area contributed by atoms with Crippen LogP contribution < -0.4 is 4.74 Å². The molecule has 0 bridgehead atoms. The van der Waals surface area contributed by atoms with Crippen LogP contribution in [0.3, 0.4) is 0 Å². The summed E-state index contributed by atoms with van der Waals surface area (Å²) >= 11 is 0. The molecule has 4 heteroatoms. The van der Waals surface area contributed by atoms with Gasteiger partial charge >= 0.3 is 5.97 Å². The Balaban J connectivity index is 1.60. The van der Waals surface area contributed by atoms with Crippen molar-refractivity contribution in [2.45, 2.75) is 32.6 Å². The summed E-state index contributed by atoms with van der Waals surface area (Å²) in [5, 5.41) is 11.3. The van der Waals surface area contributed by atoms with Gasteiger partial charge in [0.1, 0.15) is 5.75 Å². The van der Waals surface area contributed by atoms with Crippen molar-refractivity contribution in [1.29, 1.82) is 0 Å². The Morgan fingerprint density at radius 1 is 1.07 bits per heavy atom. The van der Waals surface area contributed by atoms with Crippen LogP contribution in [0, 0.1) is 5.92 Å². The zero-order chi connectivity index (χ0) is 19.2. The van der Waals surface area contributed by atoms with Crippen LogP contribution in [0.2, 0.25) is 0 Å². The zero-order valence-electron chi connectivity index (χ0n) is 15.8. The number of pyridine rings is 1. The van der Waals surface area contributed by atoms with E-state index in [2.05, 4.69) is 18.0 Å². The van der Waals surface area contributed by atoms with Crippen LogP contribution in [0.15, 0.2) is 60.8 Å². The second kappa shape index (κ2) is 8.67. The third kappa shape index (κ3) is 5.07. The molecule has 4 nitrogen and oxygen atoms in total. The molecule has 0 aliphatic rings. The fourth-order valence-corrected chi connectivity index (χ4v) is 3.10. The first-order valence-corrected chi connectivity index (χ1v) is 9.32. The number of carbonyl (C=O) groups is 1. The number of aromatic nitrogens is 1. The Morgan fingerprint density at radius 3 is 2.59 bits per heavy atom. The van der Waals surface area contributed by atoms with Crippen molar-refractivity contribution in [3.8, 4) is 5.75 Å². The molecule has 0 saturated carbocycles. The molecule has 0 aliphatic carbocycles. The molecule has 3 aromatic rings. The van der Waals surface area contributed by atoms with Gasteiger partial charge in [-0.05, 0) is 53.4 Å². The average molecular weight is 363 g/mol. The van der Waals surface area contributed by atoms with E-state index in [1.807, 2.05) is 54.7 Å². The second-order valence-electron chi connectivity index (χ2n) is 7.08. The molecular weight excluding hydrogens is 338 g/mol. The molecule has 1 unspecified atom stereocenters. The molecule has 2 atom stereocenters. The van der Waals surface area contributed by atoms with Gasteiger partial charge in [-0.3, -0.25) is 9.78 Å². The highest BCUT2D eigenvalue weighted by atomic mass is 16.5. The van der Waals surface area contributed by atoms with Crippen molar-refractivity contribution in [1.82, 2.24) is 4.98 Å². The summed E-state index contributed by atoms with van der Waals surface area (Å²) in [5.74, 6) is 0.0535. The predicted octanol–water partition coefficient (Wildman–Crippen LogP) is 5.07. The number of benzene rings is 2. The van der Waals surface area contributed by atoms with Gasteiger partial charge < -0.3 is 9.84 Å². The lowest BCUT2D eigenvalue weighted by Crippen LogP contribution is -2.12. The smallest absolute Gasteiger partial charge is 0.306 e. The van der Waals surface area contributed by atoms with Crippen LogP contribution in [0.4, 0.5) is 0 Å². The van der Waals surface area contributed by atoms with E-state index < -0.39 is 5.97 Å². The molecule has 2 aromatic carbocycles. The summed E-state index contributed by atoms with van der Waals surface area (Å²) in [6.45, 7) is 4.53. The number of hydrogen-bond donors (Lipinski definition) is 1. The molecule has 0 amide bonds. The number of hydrogen-bond acceptors (Lipinski definition) is 3. The van der Waals surface area contributed by atoms with E-state index in [0.717, 1.165) is 34.2 Å². The first kappa shape index (κ1) is 18.9. The number of carboxylic acids is 1. The van der Waals surface area contributed by atoms with Crippen molar-refractivity contribution in [3.05, 3.63) is 72.1 Å². The summed E-state index contributed by atoms with van der Waals surface area (Å²) < 4.78 is 5.93. The van der Waals surface area contributed by atoms with Gasteiger partial charge in [-0.2, -0.15) is 0 Å². The number of carboxylic acid groups (broad SMARTS) is 1. The van der Waals surface area contributed by atoms with E-state index in [0.29, 0.717) is 18.9 Å². The monoisotopic (exact) mass is 363 g/mol. The lowest BCUT2D eigenvalue weighted by molar-refractivity contribution is -0.141. The molecular formula is C23H25NO3. The third-order valence-electron chi connectivity index (χ3n) is 4.85. The minimum atomic E-state index is -0.765. The van der Waals surface area contributed by atoms with E-state index in [1.165, 1.54) is 0 Å². The van der Waals surface area contributed by atoms with Crippen LogP contribution in [0.5, 0.6) is 5.75 Å². The van der Waals surface area contributed by atoms with Crippen LogP contribution in [0.1, 0.15) is 37.4 Å². The minimum Gasteiger partial charge on any atom is -0.494 e. The predicted molar refractivity (Wildman–Crippen MR) is 107 cm³/mol. The molecule has 0 aliphatic heterocycles. The standard InChI is InChI=1S/C23H25NO3/c1-16(22-5-3-4-11-24-22)10-12-27-21-9-8-19-14-18(6-7-20(19)15-21)13-17(2)23(25)26/h3-9,11,14-17H,10,12-13H2,1-2H3,(H,25,26)/t16?,17-/m0/s1. The van der Waals surface area contributed by atoms with E-state index in [-0.39, 0.29) is 5.92 Å². The lowest BCUT2D eigenvalue weighted by Gasteiger charge is -2.12. The van der Waals surface area contributed by atoms with Crippen molar-refractivity contribution in [3.63, 3.8) is 0 Å². The van der Waals surface area contributed by atoms with Gasteiger partial charge in [0.2, 0.25) is 0 Å². The minimum absolute atomic E-state index is 0.352. The van der Waals surface area contributed by atoms with E-state index in [1.54, 1.807) is 6.92 Å². The Morgan fingerprint density at radius 2 is 1.85 bits per heavy atom. The fraction of sp³-hybridized carbons (Fsp3) is 0.304. The van der Waals surface area contributed by atoms with Crippen molar-refractivity contribution < 1.29 is 14.6 Å². The Hall–Kier alpha value is -2.88. The molecule has 0 spiro atoms. The van der Waals surface area contributed by atoms with Crippen LogP contribution in [-0.2, 0) is 11.2 Å². The zero-order valence-corrected chi connectivity index (χ0v) is 15.8. The lowest BCUT2D eigenvalue weighted by atomic mass is 9.98. The fourth-order valence-electron chi connectivity index (χ4n) is 3.10. The van der Waals surface area contributed by atoms with Crippen LogP contribution >= 0.6 is 0 Å². The van der Waals surface area contributed by atoms with Crippen LogP contribution in [0.25, 0.3) is 10.8 Å². The molecule has 1 N–H and O–H groups in total. The maximum atomic E-state index is 11.0. The van der Waals surface area contributed by atoms with Gasteiger partial charge in [-0.1, -0.05) is 44.2 Å². The largest absolute Gasteiger partial charge is 0.494 e. The molecule has 1 heterocycles. The summed E-state index contributed by atoms with van der Waals surface area (Å²) in [7, 11) is 0. The Labute approximate surface area is 159 Å². The molecule has 0 radical (unpaired) electrons. The number of rotatable bonds is 8. The summed E-state index contributed by atoms with van der Waals surface area (Å²) in [5.41, 5.74) is 2.12. The molecule has 1 aromatic heterocycles. The maximum Gasteiger partial charge on any atom is 0.306 e. The summed E-state index contributed by atoms with van der Waals surface area (Å²) in [6, 6.07) is 18.1. The highest BCUT2D eigenvalue weighted by Gasteiger charge is 2.12. The van der Waals surface area contributed by atoms with E-state index in [9.17, 15) is 4.79 Å². The normalized spacial score (nSPS) is 13.3. The van der Waals surface area contributed by atoms with Gasteiger partial charge in [0, 0.05) is 17.8 Å². The highest BCUT2D eigenvalue weighted by molar-refractivity contribution is 5.84. The first-order chi connectivity index (χ1) is 13.0. The number of fused-ring (bicyclic) bond motifs is 1. The van der Waals surface area contributed by atoms with Gasteiger partial charge in [-0.15, -0.1) is 0 Å². The van der Waals surface area contributed by atoms with Crippen LogP contribution in [-0.4, -0.2) is 22.7 Å². The van der Waals surface area contributed by atoms with Gasteiger partial charge in [0.15, 0.2) is 0 Å². The van der Waals surface area contributed by atoms with Gasteiger partial charge in [0.25, 0.3) is 0 Å². The van der Waals surface area contributed by atoms with Crippen molar-refractivity contribution in [2.75, 3.05) is 6.61 Å². The molecule has 3 rings (SSSR count). The maximum absolute atomic E-state index is 11.0. The van der Waals surface area contributed by atoms with Gasteiger partial charge in [-0.25, -0.2) is 0 Å². The quantitative estimate of drug-likeness (QED) is 0.607. The summed E-state index contributed by atoms with van der Waals surface area (Å²) in [4.78, 5) is 15.4. The molecule has 27 heavy (non-hydrogen) atoms. The molecule has 140 valence electrons. The topological polar surface area (TPSA) is 59.4 Å². The second-order valence-corrected chi connectivity index (χ2v) is 7.08. The molecule has 0 saturated heterocycles. The Kier molecular flexibility index (Phi) is 6.07. The van der Waals surface area contributed by atoms with Gasteiger partial charge in [0.05, 0.1) is 12.5 Å². The average Bonchev–Trinajstić information content (AvgIpc) is 2.68. The Bertz CT molecular complexity index is 908. The third-order valence-corrected chi connectivity index (χ3v) is 4.85. The summed E-state index contributed by atoms with van der Waals surface area (Å²) in [6.07, 6.45) is 3.26. The van der Waals surface area contributed by atoms with E-state index in [4.69, 9.17) is 9.84 Å². The SMILES string of the molecule is CC(CCOc1ccc2cc(C[C@H](C)C(=O)O)ccc2c1)c1ccccn1. The number of ether oxygens (including phenoxy) is 1. The molecule has 0 fully saturated rings. The number of nitrogens with zero attached hydrogens (tertiary/aromatic N) is 1. The van der Waals surface area contributed by atoms with E-state index >= 15 is 0 Å². The first-order valence-electron chi connectivity index (χ1n) is 9.32. The number of aliphatic carboxylic acids is 1. The van der Waals surface area contributed by atoms with Crippen molar-refractivity contribution >= 4 is 16.7 Å². The highest BCUT2D eigenvalue weighted by Crippen LogP contribution is 2.24.